The zero-order valence-electron chi connectivity index (χ0n) is 16.8. The fraction of sp³-hybridized carbons (Fsp3) is 0.409. The van der Waals surface area contributed by atoms with E-state index in [0.29, 0.717) is 17.9 Å². The molecule has 1 amide bonds. The van der Waals surface area contributed by atoms with Crippen molar-refractivity contribution in [2.24, 2.45) is 0 Å². The van der Waals surface area contributed by atoms with Crippen molar-refractivity contribution in [3.8, 4) is 0 Å². The Morgan fingerprint density at radius 1 is 1.13 bits per heavy atom. The summed E-state index contributed by atoms with van der Waals surface area (Å²) in [6.45, 7) is 1.20. The predicted octanol–water partition coefficient (Wildman–Crippen LogP) is 4.18. The van der Waals surface area contributed by atoms with E-state index in [1.165, 1.54) is 10.9 Å². The van der Waals surface area contributed by atoms with Crippen LogP contribution in [0.2, 0.25) is 0 Å². The van der Waals surface area contributed by atoms with Gasteiger partial charge in [0.2, 0.25) is 0 Å². The number of para-hydroxylation sites is 1. The minimum absolute atomic E-state index is 0.113. The molecule has 162 valence electrons. The van der Waals surface area contributed by atoms with Crippen molar-refractivity contribution in [1.82, 2.24) is 20.1 Å². The number of halogens is 3. The number of pyridine rings is 1. The first-order valence-electron chi connectivity index (χ1n) is 10.5. The highest BCUT2D eigenvalue weighted by Gasteiger charge is 2.35. The number of hydrogen-bond acceptors (Lipinski definition) is 4. The van der Waals surface area contributed by atoms with Crippen LogP contribution in [0.25, 0.3) is 10.9 Å². The average molecular weight is 429 g/mol. The highest BCUT2D eigenvalue weighted by atomic mass is 19.4. The lowest BCUT2D eigenvalue weighted by atomic mass is 10.0. The third-order valence-corrected chi connectivity index (χ3v) is 5.85. The molecule has 1 N–H and O–H groups in total. The number of benzene rings is 1. The van der Waals surface area contributed by atoms with E-state index < -0.39 is 11.9 Å². The van der Waals surface area contributed by atoms with Crippen LogP contribution in [-0.2, 0) is 6.18 Å². The Hall–Kier alpha value is -3.10. The number of amides is 1. The summed E-state index contributed by atoms with van der Waals surface area (Å²) in [5.41, 5.74) is 0.419. The molecule has 9 heteroatoms. The Kier molecular flexibility index (Phi) is 4.83. The van der Waals surface area contributed by atoms with Crippen LogP contribution in [0, 0.1) is 0 Å². The van der Waals surface area contributed by atoms with E-state index in [4.69, 9.17) is 4.98 Å². The number of alkyl halides is 3. The van der Waals surface area contributed by atoms with Crippen LogP contribution in [-0.4, -0.2) is 39.8 Å². The Balaban J connectivity index is 1.44. The average Bonchev–Trinajstić information content (AvgIpc) is 3.42. The van der Waals surface area contributed by atoms with E-state index in [2.05, 4.69) is 10.4 Å². The largest absolute Gasteiger partial charge is 0.435 e. The summed E-state index contributed by atoms with van der Waals surface area (Å²) in [5.74, 6) is 0.547. The summed E-state index contributed by atoms with van der Waals surface area (Å²) in [6.07, 6.45) is 0.461. The van der Waals surface area contributed by atoms with Gasteiger partial charge in [0, 0.05) is 30.7 Å². The van der Waals surface area contributed by atoms with Gasteiger partial charge < -0.3 is 10.2 Å². The van der Waals surface area contributed by atoms with Crippen molar-refractivity contribution in [3.05, 3.63) is 53.9 Å². The van der Waals surface area contributed by atoms with E-state index in [1.54, 1.807) is 6.07 Å². The number of nitrogens with zero attached hydrogens (tertiary/aromatic N) is 4. The Morgan fingerprint density at radius 3 is 2.68 bits per heavy atom. The van der Waals surface area contributed by atoms with E-state index >= 15 is 0 Å². The van der Waals surface area contributed by atoms with Gasteiger partial charge in [-0.2, -0.15) is 18.3 Å². The van der Waals surface area contributed by atoms with Gasteiger partial charge in [0.15, 0.2) is 5.69 Å². The van der Waals surface area contributed by atoms with Gasteiger partial charge in [-0.3, -0.25) is 9.48 Å². The standard InChI is InChI=1S/C22H22F3N5O/c23-22(24,25)19-9-11-30(28-19)15-4-3-10-29(13-15)20-12-17(21(31)26-14-7-8-14)16-5-1-2-6-18(16)27-20/h1-2,5-6,9,11-12,14-15H,3-4,7-8,10,13H2,(H,26,31). The first kappa shape index (κ1) is 19.8. The summed E-state index contributed by atoms with van der Waals surface area (Å²) >= 11 is 0. The highest BCUT2D eigenvalue weighted by molar-refractivity contribution is 6.07. The molecule has 2 aliphatic rings. The van der Waals surface area contributed by atoms with E-state index in [0.717, 1.165) is 49.2 Å². The lowest BCUT2D eigenvalue weighted by molar-refractivity contribution is -0.141. The molecule has 0 radical (unpaired) electrons. The molecule has 31 heavy (non-hydrogen) atoms. The molecule has 2 fully saturated rings. The normalized spacial score (nSPS) is 19.6. The van der Waals surface area contributed by atoms with Gasteiger partial charge in [-0.15, -0.1) is 0 Å². The smallest absolute Gasteiger partial charge is 0.354 e. The van der Waals surface area contributed by atoms with E-state index in [1.807, 2.05) is 29.2 Å². The van der Waals surface area contributed by atoms with Crippen LogP contribution in [0.5, 0.6) is 0 Å². The monoisotopic (exact) mass is 429 g/mol. The fourth-order valence-electron chi connectivity index (χ4n) is 4.07. The second-order valence-corrected chi connectivity index (χ2v) is 8.21. The van der Waals surface area contributed by atoms with Crippen LogP contribution < -0.4 is 10.2 Å². The van der Waals surface area contributed by atoms with Gasteiger partial charge in [-0.05, 0) is 43.9 Å². The number of aromatic nitrogens is 3. The number of carbonyl (C=O) groups excluding carboxylic acids is 1. The molecule has 1 unspecified atom stereocenters. The number of nitrogens with one attached hydrogen (secondary N) is 1. The molecule has 2 aromatic heterocycles. The molecule has 1 saturated heterocycles. The van der Waals surface area contributed by atoms with Crippen LogP contribution in [0.3, 0.4) is 0 Å². The van der Waals surface area contributed by atoms with Crippen molar-refractivity contribution >= 4 is 22.6 Å². The van der Waals surface area contributed by atoms with Crippen LogP contribution in [0.4, 0.5) is 19.0 Å². The predicted molar refractivity (Wildman–Crippen MR) is 110 cm³/mol. The number of carbonyl (C=O) groups is 1. The molecule has 1 saturated carbocycles. The van der Waals surface area contributed by atoms with Crippen molar-refractivity contribution in [3.63, 3.8) is 0 Å². The zero-order valence-corrected chi connectivity index (χ0v) is 16.8. The van der Waals surface area contributed by atoms with Crippen LogP contribution in [0.15, 0.2) is 42.6 Å². The van der Waals surface area contributed by atoms with E-state index in [-0.39, 0.29) is 18.0 Å². The molecule has 3 aromatic rings. The Bertz CT molecular complexity index is 1120. The molecule has 0 bridgehead atoms. The van der Waals surface area contributed by atoms with Crippen LogP contribution >= 0.6 is 0 Å². The molecule has 0 spiro atoms. The molecule has 1 atom stereocenters. The van der Waals surface area contributed by atoms with Crippen LogP contribution in [0.1, 0.15) is 47.8 Å². The minimum atomic E-state index is -4.46. The Morgan fingerprint density at radius 2 is 1.94 bits per heavy atom. The van der Waals surface area contributed by atoms with Crippen molar-refractivity contribution in [2.45, 2.75) is 43.9 Å². The number of rotatable bonds is 4. The maximum atomic E-state index is 12.9. The molecule has 1 aromatic carbocycles. The van der Waals surface area contributed by atoms with Gasteiger partial charge in [-0.25, -0.2) is 4.98 Å². The van der Waals surface area contributed by atoms with Crippen molar-refractivity contribution in [2.75, 3.05) is 18.0 Å². The molecular formula is C22H22F3N5O. The molecule has 1 aliphatic carbocycles. The Labute approximate surface area is 177 Å². The number of piperidine rings is 1. The summed E-state index contributed by atoms with van der Waals surface area (Å²) < 4.78 is 40.2. The highest BCUT2D eigenvalue weighted by Crippen LogP contribution is 2.31. The maximum Gasteiger partial charge on any atom is 0.435 e. The SMILES string of the molecule is O=C(NC1CC1)c1cc(N2CCCC(n3ccc(C(F)(F)F)n3)C2)nc2ccccc12. The second kappa shape index (κ2) is 7.55. The van der Waals surface area contributed by atoms with Gasteiger partial charge >= 0.3 is 6.18 Å². The minimum Gasteiger partial charge on any atom is -0.354 e. The van der Waals surface area contributed by atoms with Gasteiger partial charge in [0.05, 0.1) is 17.1 Å². The lowest BCUT2D eigenvalue weighted by Gasteiger charge is -2.34. The molecule has 1 aliphatic heterocycles. The molecule has 5 rings (SSSR count). The van der Waals surface area contributed by atoms with Crippen molar-refractivity contribution < 1.29 is 18.0 Å². The third-order valence-electron chi connectivity index (χ3n) is 5.85. The van der Waals surface area contributed by atoms with Gasteiger partial charge in [0.1, 0.15) is 5.82 Å². The topological polar surface area (TPSA) is 63.1 Å². The maximum absolute atomic E-state index is 12.9. The fourth-order valence-corrected chi connectivity index (χ4v) is 4.07. The molecule has 3 heterocycles. The molecule has 6 nitrogen and oxygen atoms in total. The molecular weight excluding hydrogens is 407 g/mol. The first-order valence-corrected chi connectivity index (χ1v) is 10.5. The summed E-state index contributed by atoms with van der Waals surface area (Å²) in [7, 11) is 0. The van der Waals surface area contributed by atoms with E-state index in [9.17, 15) is 18.0 Å². The lowest BCUT2D eigenvalue weighted by Crippen LogP contribution is -2.37. The van der Waals surface area contributed by atoms with Gasteiger partial charge in [-0.1, -0.05) is 18.2 Å². The number of fused-ring (bicyclic) bond motifs is 1. The summed E-state index contributed by atoms with van der Waals surface area (Å²) in [6, 6.07) is 10.4. The number of anilines is 1. The van der Waals surface area contributed by atoms with Crippen molar-refractivity contribution in [1.29, 1.82) is 0 Å². The third kappa shape index (κ3) is 4.08. The zero-order chi connectivity index (χ0) is 21.6. The first-order chi connectivity index (χ1) is 14.9. The summed E-state index contributed by atoms with van der Waals surface area (Å²) in [4.78, 5) is 19.6. The quantitative estimate of drug-likeness (QED) is 0.676. The number of hydrogen-bond donors (Lipinski definition) is 1. The van der Waals surface area contributed by atoms with Gasteiger partial charge in [0.25, 0.3) is 5.91 Å². The second-order valence-electron chi connectivity index (χ2n) is 8.21. The summed E-state index contributed by atoms with van der Waals surface area (Å²) in [5, 5.41) is 7.58.